The van der Waals surface area contributed by atoms with E-state index in [1.54, 1.807) is 43.5 Å². The van der Waals surface area contributed by atoms with Crippen molar-refractivity contribution in [2.75, 3.05) is 12.0 Å². The molecule has 2 N–H and O–H groups in total. The molecule has 1 fully saturated rings. The molecule has 216 valence electrons. The molecule has 2 rings (SSSR count). The van der Waals surface area contributed by atoms with E-state index < -0.39 is 29.3 Å². The third-order valence-electron chi connectivity index (χ3n) is 7.22. The van der Waals surface area contributed by atoms with Gasteiger partial charge in [-0.2, -0.15) is 11.8 Å². The summed E-state index contributed by atoms with van der Waals surface area (Å²) in [5.74, 6) is 2.77. The maximum absolute atomic E-state index is 14.5. The van der Waals surface area contributed by atoms with Gasteiger partial charge in [-0.15, -0.1) is 6.42 Å². The van der Waals surface area contributed by atoms with Crippen LogP contribution < -0.4 is 10.6 Å². The fourth-order valence-corrected chi connectivity index (χ4v) is 5.32. The summed E-state index contributed by atoms with van der Waals surface area (Å²) < 4.78 is 5.49. The minimum absolute atomic E-state index is 0.0561. The van der Waals surface area contributed by atoms with Gasteiger partial charge >= 0.3 is 6.09 Å². The molecule has 1 saturated carbocycles. The van der Waals surface area contributed by atoms with Gasteiger partial charge in [0.15, 0.2) is 0 Å². The Morgan fingerprint density at radius 1 is 1.13 bits per heavy atom. The first-order valence-corrected chi connectivity index (χ1v) is 15.4. The van der Waals surface area contributed by atoms with Gasteiger partial charge in [0.05, 0.1) is 0 Å². The topological polar surface area (TPSA) is 87.7 Å². The molecule has 8 heteroatoms. The second kappa shape index (κ2) is 14.6. The van der Waals surface area contributed by atoms with Crippen molar-refractivity contribution >= 4 is 29.7 Å². The number of benzene rings is 1. The molecule has 0 radical (unpaired) electrons. The van der Waals surface area contributed by atoms with Crippen molar-refractivity contribution in [1.82, 2.24) is 15.5 Å². The van der Waals surface area contributed by atoms with Crippen molar-refractivity contribution in [3.05, 3.63) is 35.4 Å². The monoisotopic (exact) mass is 557 g/mol. The van der Waals surface area contributed by atoms with Gasteiger partial charge in [0.1, 0.15) is 17.7 Å². The van der Waals surface area contributed by atoms with E-state index in [4.69, 9.17) is 11.2 Å². The van der Waals surface area contributed by atoms with Gasteiger partial charge in [-0.3, -0.25) is 9.59 Å². The van der Waals surface area contributed by atoms with Crippen LogP contribution in [0.3, 0.4) is 0 Å². The third-order valence-corrected chi connectivity index (χ3v) is 7.87. The summed E-state index contributed by atoms with van der Waals surface area (Å²) in [5, 5.41) is 6.04. The largest absolute Gasteiger partial charge is 0.444 e. The van der Waals surface area contributed by atoms with Crippen LogP contribution >= 0.6 is 11.8 Å². The molecule has 0 bridgehead atoms. The Morgan fingerprint density at radius 3 is 2.33 bits per heavy atom. The lowest BCUT2D eigenvalue weighted by atomic mass is 9.89. The molecule has 7 nitrogen and oxygen atoms in total. The van der Waals surface area contributed by atoms with Crippen LogP contribution in [0, 0.1) is 12.3 Å². The second-order valence-electron chi connectivity index (χ2n) is 11.8. The maximum atomic E-state index is 14.5. The average molecular weight is 558 g/mol. The van der Waals surface area contributed by atoms with Gasteiger partial charge in [-0.05, 0) is 83.9 Å². The van der Waals surface area contributed by atoms with Crippen LogP contribution in [0.2, 0.25) is 0 Å². The molecular formula is C31H47N3O4S. The van der Waals surface area contributed by atoms with Crippen molar-refractivity contribution in [3.8, 4) is 12.3 Å². The summed E-state index contributed by atoms with van der Waals surface area (Å²) in [6, 6.07) is 5.51. The van der Waals surface area contributed by atoms with Crippen molar-refractivity contribution < 1.29 is 19.1 Å². The Hall–Kier alpha value is -2.66. The molecule has 2 atom stereocenters. The molecule has 39 heavy (non-hydrogen) atoms. The molecule has 0 heterocycles. The molecule has 0 aliphatic heterocycles. The Kier molecular flexibility index (Phi) is 12.2. The van der Waals surface area contributed by atoms with E-state index in [0.29, 0.717) is 29.7 Å². The number of alkyl carbamates (subject to hydrolysis) is 1. The zero-order chi connectivity index (χ0) is 29.2. The molecule has 0 saturated heterocycles. The van der Waals surface area contributed by atoms with Crippen LogP contribution in [0.4, 0.5) is 4.79 Å². The molecule has 1 aliphatic rings. The van der Waals surface area contributed by atoms with Gasteiger partial charge in [0.25, 0.3) is 0 Å². The lowest BCUT2D eigenvalue weighted by molar-refractivity contribution is -0.149. The predicted molar refractivity (Wildman–Crippen MR) is 160 cm³/mol. The minimum atomic E-state index is -0.959. The molecule has 0 spiro atoms. The SMILES string of the molecule is C#Cc1ccccc1C(C(=O)NC1CCCCC1)N(C(=O)C(CCSC)NC(=O)OC(C)(C)C)C(C)(C)CC. The number of nitrogens with zero attached hydrogens (tertiary/aromatic N) is 1. The normalized spacial score (nSPS) is 15.9. The Morgan fingerprint density at radius 2 is 1.77 bits per heavy atom. The van der Waals surface area contributed by atoms with E-state index in [-0.39, 0.29) is 17.9 Å². The molecular weight excluding hydrogens is 510 g/mol. The zero-order valence-corrected chi connectivity index (χ0v) is 25.6. The van der Waals surface area contributed by atoms with Crippen molar-refractivity contribution in [3.63, 3.8) is 0 Å². The van der Waals surface area contributed by atoms with Gasteiger partial charge in [0.2, 0.25) is 11.8 Å². The van der Waals surface area contributed by atoms with Crippen molar-refractivity contribution in [2.45, 2.75) is 116 Å². The van der Waals surface area contributed by atoms with Crippen molar-refractivity contribution in [1.29, 1.82) is 0 Å². The quantitative estimate of drug-likeness (QED) is 0.335. The minimum Gasteiger partial charge on any atom is -0.444 e. The molecule has 1 aliphatic carbocycles. The predicted octanol–water partition coefficient (Wildman–Crippen LogP) is 5.82. The number of thioether (sulfide) groups is 1. The lowest BCUT2D eigenvalue weighted by Crippen LogP contribution is -2.60. The second-order valence-corrected chi connectivity index (χ2v) is 12.8. The summed E-state index contributed by atoms with van der Waals surface area (Å²) in [7, 11) is 0. The molecule has 1 aromatic rings. The number of carbonyl (C=O) groups excluding carboxylic acids is 3. The first-order valence-electron chi connectivity index (χ1n) is 14.0. The first kappa shape index (κ1) is 32.6. The van der Waals surface area contributed by atoms with Gasteiger partial charge in [-0.1, -0.05) is 50.3 Å². The Bertz CT molecular complexity index is 1020. The van der Waals surface area contributed by atoms with Crippen LogP contribution in [-0.2, 0) is 14.3 Å². The highest BCUT2D eigenvalue weighted by Gasteiger charge is 2.44. The summed E-state index contributed by atoms with van der Waals surface area (Å²) in [6.45, 7) is 11.2. The van der Waals surface area contributed by atoms with Crippen LogP contribution in [0.25, 0.3) is 0 Å². The van der Waals surface area contributed by atoms with Crippen molar-refractivity contribution in [2.24, 2.45) is 0 Å². The summed E-state index contributed by atoms with van der Waals surface area (Å²) in [5.41, 5.74) is -0.273. The number of ether oxygens (including phenoxy) is 1. The fraction of sp³-hybridized carbons (Fsp3) is 0.645. The van der Waals surface area contributed by atoms with Gasteiger partial charge in [0, 0.05) is 17.1 Å². The van der Waals surface area contributed by atoms with E-state index >= 15 is 0 Å². The van der Waals surface area contributed by atoms with Crippen LogP contribution in [0.1, 0.15) is 104 Å². The van der Waals surface area contributed by atoms with E-state index in [1.165, 1.54) is 0 Å². The molecule has 2 unspecified atom stereocenters. The molecule has 0 aromatic heterocycles. The number of hydrogen-bond acceptors (Lipinski definition) is 5. The summed E-state index contributed by atoms with van der Waals surface area (Å²) in [6.07, 6.45) is 13.3. The first-order chi connectivity index (χ1) is 18.3. The number of terminal acetylenes is 1. The Balaban J connectivity index is 2.60. The van der Waals surface area contributed by atoms with E-state index in [1.807, 2.05) is 45.2 Å². The average Bonchev–Trinajstić information content (AvgIpc) is 2.88. The highest BCUT2D eigenvalue weighted by Crippen LogP contribution is 2.34. The smallest absolute Gasteiger partial charge is 0.408 e. The van der Waals surface area contributed by atoms with E-state index in [0.717, 1.165) is 32.1 Å². The van der Waals surface area contributed by atoms with Crippen LogP contribution in [0.5, 0.6) is 0 Å². The highest BCUT2D eigenvalue weighted by atomic mass is 32.2. The van der Waals surface area contributed by atoms with E-state index in [2.05, 4.69) is 16.6 Å². The van der Waals surface area contributed by atoms with Gasteiger partial charge in [-0.25, -0.2) is 4.79 Å². The summed E-state index contributed by atoms with van der Waals surface area (Å²) >= 11 is 1.58. The number of nitrogens with one attached hydrogen (secondary N) is 2. The Labute approximate surface area is 239 Å². The maximum Gasteiger partial charge on any atom is 0.408 e. The molecule has 3 amide bonds. The number of hydrogen-bond donors (Lipinski definition) is 2. The third kappa shape index (κ3) is 9.49. The molecule has 1 aromatic carbocycles. The van der Waals surface area contributed by atoms with Gasteiger partial charge < -0.3 is 20.3 Å². The number of carbonyl (C=O) groups is 3. The standard InChI is InChI=1S/C31H47N3O4S/c1-9-22-16-14-15-19-24(22)26(27(35)32-23-17-12-11-13-18-23)34(31(6,7)10-2)28(36)25(20-21-39-8)33-29(37)38-30(3,4)5/h1,14-16,19,23,25-26H,10-13,17-18,20-21H2,2-8H3,(H,32,35)(H,33,37). The highest BCUT2D eigenvalue weighted by molar-refractivity contribution is 7.98. The lowest BCUT2D eigenvalue weighted by Gasteiger charge is -2.45. The van der Waals surface area contributed by atoms with Crippen LogP contribution in [-0.4, -0.2) is 58.0 Å². The van der Waals surface area contributed by atoms with E-state index in [9.17, 15) is 14.4 Å². The van der Waals surface area contributed by atoms with Crippen LogP contribution in [0.15, 0.2) is 24.3 Å². The number of rotatable bonds is 11. The number of amides is 3. The summed E-state index contributed by atoms with van der Waals surface area (Å²) in [4.78, 5) is 43.1. The fourth-order valence-electron chi connectivity index (χ4n) is 4.85. The zero-order valence-electron chi connectivity index (χ0n) is 24.8.